The van der Waals surface area contributed by atoms with Crippen molar-refractivity contribution in [3.8, 4) is 0 Å². The molecule has 2 rings (SSSR count). The number of hydrogen-bond acceptors (Lipinski definition) is 4. The Morgan fingerprint density at radius 1 is 1.40 bits per heavy atom. The van der Waals surface area contributed by atoms with Crippen molar-refractivity contribution >= 4 is 11.8 Å². The molecular weight excluding hydrogens is 256 g/mol. The summed E-state index contributed by atoms with van der Waals surface area (Å²) in [6.45, 7) is 6.79. The van der Waals surface area contributed by atoms with Gasteiger partial charge in [-0.1, -0.05) is 20.8 Å². The molecule has 0 saturated heterocycles. The zero-order valence-corrected chi connectivity index (χ0v) is 12.2. The van der Waals surface area contributed by atoms with Gasteiger partial charge in [0.1, 0.15) is 5.82 Å². The van der Waals surface area contributed by atoms with Crippen LogP contribution in [0.3, 0.4) is 0 Å². The van der Waals surface area contributed by atoms with Crippen LogP contribution in [0.5, 0.6) is 0 Å². The maximum Gasteiger partial charge on any atom is 0.335 e. The smallest absolute Gasteiger partial charge is 0.335 e. The van der Waals surface area contributed by atoms with E-state index in [9.17, 15) is 15.0 Å². The summed E-state index contributed by atoms with van der Waals surface area (Å²) < 4.78 is 0. The number of carboxylic acid groups (broad SMARTS) is 1. The van der Waals surface area contributed by atoms with Crippen LogP contribution in [0.15, 0.2) is 12.1 Å². The minimum atomic E-state index is -0.954. The second kappa shape index (κ2) is 5.05. The summed E-state index contributed by atoms with van der Waals surface area (Å²) in [6.07, 6.45) is 2.00. The summed E-state index contributed by atoms with van der Waals surface area (Å²) in [5.74, 6) is -0.390. The van der Waals surface area contributed by atoms with Gasteiger partial charge in [0.2, 0.25) is 0 Å². The molecule has 1 aliphatic carbocycles. The molecule has 1 saturated carbocycles. The van der Waals surface area contributed by atoms with Crippen molar-refractivity contribution < 1.29 is 15.0 Å². The summed E-state index contributed by atoms with van der Waals surface area (Å²) >= 11 is 0. The fourth-order valence-corrected chi connectivity index (χ4v) is 1.97. The van der Waals surface area contributed by atoms with Crippen LogP contribution in [0.2, 0.25) is 0 Å². The SMILES string of the molecule is CC(C)(C)c1cc(C(=O)O)cc(NCC2(CO)CC2)n1. The number of nitrogens with zero attached hydrogens (tertiary/aromatic N) is 1. The van der Waals surface area contributed by atoms with Crippen LogP contribution in [0.25, 0.3) is 0 Å². The highest BCUT2D eigenvalue weighted by Gasteiger charge is 2.41. The third-order valence-electron chi connectivity index (χ3n) is 3.78. The number of carboxylic acids is 1. The molecule has 110 valence electrons. The van der Waals surface area contributed by atoms with E-state index in [0.717, 1.165) is 18.5 Å². The molecule has 3 N–H and O–H groups in total. The van der Waals surface area contributed by atoms with Crippen LogP contribution in [-0.2, 0) is 5.41 Å². The number of aliphatic hydroxyl groups excluding tert-OH is 1. The molecule has 0 bridgehead atoms. The molecule has 0 atom stereocenters. The van der Waals surface area contributed by atoms with E-state index in [1.165, 1.54) is 0 Å². The number of pyridine rings is 1. The first-order valence-electron chi connectivity index (χ1n) is 6.86. The predicted molar refractivity (Wildman–Crippen MR) is 77.1 cm³/mol. The predicted octanol–water partition coefficient (Wildman–Crippen LogP) is 2.26. The van der Waals surface area contributed by atoms with E-state index in [1.807, 2.05) is 20.8 Å². The van der Waals surface area contributed by atoms with Gasteiger partial charge in [-0.15, -0.1) is 0 Å². The van der Waals surface area contributed by atoms with Gasteiger partial charge in [-0.2, -0.15) is 0 Å². The first kappa shape index (κ1) is 14.8. The van der Waals surface area contributed by atoms with E-state index in [0.29, 0.717) is 12.4 Å². The Bertz CT molecular complexity index is 516. The Kier molecular flexibility index (Phi) is 3.73. The molecule has 0 radical (unpaired) electrons. The highest BCUT2D eigenvalue weighted by molar-refractivity contribution is 5.88. The second-order valence-corrected chi connectivity index (χ2v) is 6.69. The number of aromatic nitrogens is 1. The lowest BCUT2D eigenvalue weighted by molar-refractivity contribution is 0.0696. The third-order valence-corrected chi connectivity index (χ3v) is 3.78. The van der Waals surface area contributed by atoms with Crippen molar-refractivity contribution in [3.63, 3.8) is 0 Å². The Morgan fingerprint density at radius 3 is 2.50 bits per heavy atom. The lowest BCUT2D eigenvalue weighted by atomic mass is 9.90. The van der Waals surface area contributed by atoms with Crippen molar-refractivity contribution in [1.29, 1.82) is 0 Å². The molecule has 0 unspecified atom stereocenters. The first-order valence-corrected chi connectivity index (χ1v) is 6.86. The average Bonchev–Trinajstić information content (AvgIpc) is 3.15. The van der Waals surface area contributed by atoms with E-state index >= 15 is 0 Å². The van der Waals surface area contributed by atoms with Crippen molar-refractivity contribution in [1.82, 2.24) is 4.98 Å². The van der Waals surface area contributed by atoms with Crippen LogP contribution in [0.4, 0.5) is 5.82 Å². The maximum absolute atomic E-state index is 11.2. The zero-order valence-electron chi connectivity index (χ0n) is 12.2. The summed E-state index contributed by atoms with van der Waals surface area (Å²) in [7, 11) is 0. The van der Waals surface area contributed by atoms with Gasteiger partial charge in [0.25, 0.3) is 0 Å². The summed E-state index contributed by atoms with van der Waals surface area (Å²) in [5, 5.41) is 21.7. The van der Waals surface area contributed by atoms with Gasteiger partial charge in [0.15, 0.2) is 0 Å². The number of carbonyl (C=O) groups is 1. The number of anilines is 1. The van der Waals surface area contributed by atoms with Gasteiger partial charge >= 0.3 is 5.97 Å². The van der Waals surface area contributed by atoms with Crippen LogP contribution in [-0.4, -0.2) is 34.3 Å². The highest BCUT2D eigenvalue weighted by atomic mass is 16.4. The molecule has 5 nitrogen and oxygen atoms in total. The summed E-state index contributed by atoms with van der Waals surface area (Å²) in [4.78, 5) is 15.7. The fraction of sp³-hybridized carbons (Fsp3) is 0.600. The minimum absolute atomic E-state index is 0.0389. The number of aromatic carboxylic acids is 1. The number of hydrogen-bond donors (Lipinski definition) is 3. The molecule has 1 aliphatic rings. The molecule has 1 heterocycles. The average molecular weight is 278 g/mol. The lowest BCUT2D eigenvalue weighted by Gasteiger charge is -2.20. The molecule has 20 heavy (non-hydrogen) atoms. The Morgan fingerprint density at radius 2 is 2.05 bits per heavy atom. The molecule has 0 aromatic carbocycles. The molecule has 1 aromatic rings. The molecule has 1 aromatic heterocycles. The van der Waals surface area contributed by atoms with Gasteiger partial charge in [-0.25, -0.2) is 9.78 Å². The Labute approximate surface area is 119 Å². The molecule has 0 amide bonds. The highest BCUT2D eigenvalue weighted by Crippen LogP contribution is 2.44. The number of nitrogens with one attached hydrogen (secondary N) is 1. The van der Waals surface area contributed by atoms with Gasteiger partial charge in [0.05, 0.1) is 12.2 Å². The van der Waals surface area contributed by atoms with Crippen LogP contribution in [0.1, 0.15) is 49.7 Å². The maximum atomic E-state index is 11.2. The standard InChI is InChI=1S/C15H22N2O3/c1-14(2,3)11-6-10(13(19)20)7-12(17-11)16-8-15(9-18)4-5-15/h6-7,18H,4-5,8-9H2,1-3H3,(H,16,17)(H,19,20). The Balaban J connectivity index is 2.23. The number of rotatable bonds is 5. The van der Waals surface area contributed by atoms with Crippen molar-refractivity contribution in [3.05, 3.63) is 23.4 Å². The second-order valence-electron chi connectivity index (χ2n) is 6.69. The monoisotopic (exact) mass is 278 g/mol. The van der Waals surface area contributed by atoms with Crippen molar-refractivity contribution in [2.24, 2.45) is 5.41 Å². The normalized spacial score (nSPS) is 16.8. The van der Waals surface area contributed by atoms with Crippen molar-refractivity contribution in [2.45, 2.75) is 39.0 Å². The van der Waals surface area contributed by atoms with Gasteiger partial charge < -0.3 is 15.5 Å². The topological polar surface area (TPSA) is 82.5 Å². The minimum Gasteiger partial charge on any atom is -0.478 e. The van der Waals surface area contributed by atoms with Crippen LogP contribution < -0.4 is 5.32 Å². The Hall–Kier alpha value is -1.62. The zero-order chi connectivity index (χ0) is 15.0. The molecular formula is C15H22N2O3. The van der Waals surface area contributed by atoms with E-state index in [2.05, 4.69) is 10.3 Å². The van der Waals surface area contributed by atoms with E-state index < -0.39 is 5.97 Å². The van der Waals surface area contributed by atoms with E-state index in [-0.39, 0.29) is 23.0 Å². The van der Waals surface area contributed by atoms with E-state index in [4.69, 9.17) is 0 Å². The van der Waals surface area contributed by atoms with Gasteiger partial charge in [-0.3, -0.25) is 0 Å². The van der Waals surface area contributed by atoms with E-state index in [1.54, 1.807) is 12.1 Å². The largest absolute Gasteiger partial charge is 0.478 e. The third kappa shape index (κ3) is 3.28. The summed E-state index contributed by atoms with van der Waals surface area (Å²) in [5.41, 5.74) is 0.730. The van der Waals surface area contributed by atoms with Gasteiger partial charge in [0, 0.05) is 23.1 Å². The molecule has 1 fully saturated rings. The fourth-order valence-electron chi connectivity index (χ4n) is 1.97. The molecule has 0 aliphatic heterocycles. The molecule has 0 spiro atoms. The number of aliphatic hydroxyl groups is 1. The first-order chi connectivity index (χ1) is 9.26. The van der Waals surface area contributed by atoms with Crippen molar-refractivity contribution in [2.75, 3.05) is 18.5 Å². The summed E-state index contributed by atoms with van der Waals surface area (Å²) in [6, 6.07) is 3.16. The lowest BCUT2D eigenvalue weighted by Crippen LogP contribution is -2.21. The quantitative estimate of drug-likeness (QED) is 0.769. The molecule has 5 heteroatoms. The van der Waals surface area contributed by atoms with Gasteiger partial charge in [-0.05, 0) is 25.0 Å². The van der Waals surface area contributed by atoms with Crippen LogP contribution >= 0.6 is 0 Å². The van der Waals surface area contributed by atoms with Crippen LogP contribution in [0, 0.1) is 5.41 Å².